The van der Waals surface area contributed by atoms with Crippen LogP contribution in [0.5, 0.6) is 0 Å². The van der Waals surface area contributed by atoms with Crippen molar-refractivity contribution < 1.29 is 13.2 Å². The maximum Gasteiger partial charge on any atom is 0.416 e. The number of hydrogen-bond acceptors (Lipinski definition) is 2. The number of benzene rings is 1. The van der Waals surface area contributed by atoms with Crippen LogP contribution in [0.2, 0.25) is 0 Å². The van der Waals surface area contributed by atoms with Gasteiger partial charge in [-0.15, -0.1) is 11.3 Å². The number of alkyl halides is 3. The Morgan fingerprint density at radius 3 is 2.71 bits per heavy atom. The average Bonchev–Trinajstić information content (AvgIpc) is 2.91. The molecule has 0 fully saturated rings. The number of nitrogens with zero attached hydrogens (tertiary/aromatic N) is 1. The molecule has 1 aromatic carbocycles. The second-order valence-corrected chi connectivity index (χ2v) is 5.59. The number of pyridine rings is 1. The van der Waals surface area contributed by atoms with E-state index in [1.54, 1.807) is 24.4 Å². The van der Waals surface area contributed by atoms with Gasteiger partial charge in [-0.05, 0) is 35.2 Å². The van der Waals surface area contributed by atoms with Gasteiger partial charge in [-0.1, -0.05) is 12.1 Å². The average molecular weight is 309 g/mol. The number of thiophene rings is 1. The monoisotopic (exact) mass is 309 g/mol. The SMILES string of the molecule is O=c1c2ccsc2ccn1Cc1cccc(C(F)(F)F)c1. The lowest BCUT2D eigenvalue weighted by molar-refractivity contribution is -0.137. The van der Waals surface area contributed by atoms with Gasteiger partial charge < -0.3 is 4.57 Å². The number of rotatable bonds is 2. The van der Waals surface area contributed by atoms with E-state index in [2.05, 4.69) is 0 Å². The van der Waals surface area contributed by atoms with Crippen molar-refractivity contribution in [3.63, 3.8) is 0 Å². The molecule has 0 spiro atoms. The Morgan fingerprint density at radius 1 is 1.14 bits per heavy atom. The van der Waals surface area contributed by atoms with Crippen LogP contribution in [0.4, 0.5) is 13.2 Å². The van der Waals surface area contributed by atoms with Crippen LogP contribution in [0.1, 0.15) is 11.1 Å². The van der Waals surface area contributed by atoms with Crippen molar-refractivity contribution in [2.24, 2.45) is 0 Å². The van der Waals surface area contributed by atoms with Crippen LogP contribution in [-0.2, 0) is 12.7 Å². The van der Waals surface area contributed by atoms with E-state index < -0.39 is 11.7 Å². The molecule has 108 valence electrons. The number of fused-ring (bicyclic) bond motifs is 1. The van der Waals surface area contributed by atoms with Gasteiger partial charge in [0.1, 0.15) is 0 Å². The van der Waals surface area contributed by atoms with Crippen LogP contribution in [0, 0.1) is 0 Å². The van der Waals surface area contributed by atoms with Crippen molar-refractivity contribution in [2.75, 3.05) is 0 Å². The smallest absolute Gasteiger partial charge is 0.311 e. The lowest BCUT2D eigenvalue weighted by Crippen LogP contribution is -2.19. The summed E-state index contributed by atoms with van der Waals surface area (Å²) in [4.78, 5) is 12.2. The van der Waals surface area contributed by atoms with Crippen molar-refractivity contribution in [2.45, 2.75) is 12.7 Å². The van der Waals surface area contributed by atoms with Crippen LogP contribution in [-0.4, -0.2) is 4.57 Å². The molecule has 2 aromatic heterocycles. The van der Waals surface area contributed by atoms with Crippen LogP contribution < -0.4 is 5.56 Å². The molecule has 0 saturated carbocycles. The van der Waals surface area contributed by atoms with Crippen LogP contribution in [0.25, 0.3) is 10.1 Å². The molecule has 2 heterocycles. The molecule has 2 nitrogen and oxygen atoms in total. The highest BCUT2D eigenvalue weighted by Gasteiger charge is 2.30. The highest BCUT2D eigenvalue weighted by molar-refractivity contribution is 7.17. The third-order valence-electron chi connectivity index (χ3n) is 3.20. The molecule has 0 N–H and O–H groups in total. The van der Waals surface area contributed by atoms with E-state index >= 15 is 0 Å². The molecule has 0 aliphatic heterocycles. The summed E-state index contributed by atoms with van der Waals surface area (Å²) in [5.41, 5.74) is -0.447. The highest BCUT2D eigenvalue weighted by atomic mass is 32.1. The van der Waals surface area contributed by atoms with Crippen LogP contribution in [0.3, 0.4) is 0 Å². The van der Waals surface area contributed by atoms with Gasteiger partial charge in [0.05, 0.1) is 17.5 Å². The maximum absolute atomic E-state index is 12.7. The van der Waals surface area contributed by atoms with Crippen molar-refractivity contribution in [1.82, 2.24) is 4.57 Å². The summed E-state index contributed by atoms with van der Waals surface area (Å²) in [6, 6.07) is 8.56. The number of hydrogen-bond donors (Lipinski definition) is 0. The third-order valence-corrected chi connectivity index (χ3v) is 4.08. The van der Waals surface area contributed by atoms with E-state index in [0.717, 1.165) is 16.8 Å². The van der Waals surface area contributed by atoms with Gasteiger partial charge in [0, 0.05) is 10.9 Å². The minimum atomic E-state index is -4.38. The molecule has 0 atom stereocenters. The maximum atomic E-state index is 12.7. The van der Waals surface area contributed by atoms with Gasteiger partial charge in [0.25, 0.3) is 5.56 Å². The molecule has 0 radical (unpaired) electrons. The van der Waals surface area contributed by atoms with Gasteiger partial charge in [-0.2, -0.15) is 13.2 Å². The first-order valence-corrected chi connectivity index (χ1v) is 7.06. The Bertz CT molecular complexity index is 848. The summed E-state index contributed by atoms with van der Waals surface area (Å²) in [7, 11) is 0. The molecule has 0 unspecified atom stereocenters. The van der Waals surface area contributed by atoms with Crippen molar-refractivity contribution >= 4 is 21.4 Å². The summed E-state index contributed by atoms with van der Waals surface area (Å²) in [5, 5.41) is 2.41. The zero-order valence-electron chi connectivity index (χ0n) is 10.7. The third kappa shape index (κ3) is 2.71. The fourth-order valence-corrected chi connectivity index (χ4v) is 2.95. The summed E-state index contributed by atoms with van der Waals surface area (Å²) < 4.78 is 40.4. The lowest BCUT2D eigenvalue weighted by atomic mass is 10.1. The standard InChI is InChI=1S/C15H10F3NOS/c16-15(17,18)11-3-1-2-10(8-11)9-19-6-4-13-12(14(19)20)5-7-21-13/h1-8H,9H2. The lowest BCUT2D eigenvalue weighted by Gasteiger charge is -2.10. The molecule has 21 heavy (non-hydrogen) atoms. The van der Waals surface area contributed by atoms with E-state index in [0.29, 0.717) is 10.9 Å². The molecule has 3 aromatic rings. The van der Waals surface area contributed by atoms with Gasteiger partial charge in [-0.3, -0.25) is 4.79 Å². The van der Waals surface area contributed by atoms with E-state index in [-0.39, 0.29) is 12.1 Å². The number of aromatic nitrogens is 1. The molecule has 0 aliphatic rings. The Balaban J connectivity index is 1.99. The fourth-order valence-electron chi connectivity index (χ4n) is 2.17. The Labute approximate surface area is 122 Å². The summed E-state index contributed by atoms with van der Waals surface area (Å²) >= 11 is 1.46. The quantitative estimate of drug-likeness (QED) is 0.697. The van der Waals surface area contributed by atoms with Gasteiger partial charge in [0.15, 0.2) is 0 Å². The zero-order chi connectivity index (χ0) is 15.0. The summed E-state index contributed by atoms with van der Waals surface area (Å²) in [6.07, 6.45) is -2.76. The summed E-state index contributed by atoms with van der Waals surface area (Å²) in [5.74, 6) is 0. The normalized spacial score (nSPS) is 12.0. The highest BCUT2D eigenvalue weighted by Crippen LogP contribution is 2.29. The predicted molar refractivity (Wildman–Crippen MR) is 76.6 cm³/mol. The Kier molecular flexibility index (Phi) is 3.33. The minimum Gasteiger partial charge on any atom is -0.311 e. The Hall–Kier alpha value is -2.08. The second kappa shape index (κ2) is 5.04. The first-order chi connectivity index (χ1) is 9.95. The minimum absolute atomic E-state index is 0.120. The van der Waals surface area contributed by atoms with Gasteiger partial charge in [-0.25, -0.2) is 0 Å². The molecule has 6 heteroatoms. The summed E-state index contributed by atoms with van der Waals surface area (Å²) in [6.45, 7) is 0.120. The fraction of sp³-hybridized carbons (Fsp3) is 0.133. The van der Waals surface area contributed by atoms with Crippen molar-refractivity contribution in [3.8, 4) is 0 Å². The van der Waals surface area contributed by atoms with Gasteiger partial charge in [0.2, 0.25) is 0 Å². The number of halogens is 3. The molecular formula is C15H10F3NOS. The van der Waals surface area contributed by atoms with E-state index in [4.69, 9.17) is 0 Å². The second-order valence-electron chi connectivity index (χ2n) is 4.65. The van der Waals surface area contributed by atoms with Crippen LogP contribution in [0.15, 0.2) is 52.8 Å². The zero-order valence-corrected chi connectivity index (χ0v) is 11.5. The van der Waals surface area contributed by atoms with Crippen LogP contribution >= 0.6 is 11.3 Å². The molecule has 0 bridgehead atoms. The van der Waals surface area contributed by atoms with Crippen molar-refractivity contribution in [3.05, 3.63) is 69.5 Å². The molecule has 0 amide bonds. The molecule has 0 aliphatic carbocycles. The van der Waals surface area contributed by atoms with Gasteiger partial charge >= 0.3 is 6.18 Å². The topological polar surface area (TPSA) is 22.0 Å². The molecule has 0 saturated heterocycles. The van der Waals surface area contributed by atoms with E-state index in [1.165, 1.54) is 22.0 Å². The largest absolute Gasteiger partial charge is 0.416 e. The van der Waals surface area contributed by atoms with E-state index in [9.17, 15) is 18.0 Å². The molecule has 3 rings (SSSR count). The first-order valence-electron chi connectivity index (χ1n) is 6.18. The Morgan fingerprint density at radius 2 is 1.95 bits per heavy atom. The molecular weight excluding hydrogens is 299 g/mol. The van der Waals surface area contributed by atoms with E-state index in [1.807, 2.05) is 5.38 Å². The predicted octanol–water partition coefficient (Wildman–Crippen LogP) is 4.13. The van der Waals surface area contributed by atoms with Crippen molar-refractivity contribution in [1.29, 1.82) is 0 Å². The first kappa shape index (κ1) is 13.9.